The number of rotatable bonds is 14. The van der Waals surface area contributed by atoms with Crippen molar-refractivity contribution < 1.29 is 29.0 Å². The SMILES string of the molecule is C=CCN(CCN1CCOCC1)C(=O)C1N([C@@H](CO)C(C)C)C(=O)[C@@H]2[C@H](C(=O)N(CC=C)c3ccccc3)[C@]3(CC)CCC12O3. The highest BCUT2D eigenvalue weighted by atomic mass is 16.5. The Hall–Kier alpha value is -3.05. The Kier molecular flexibility index (Phi) is 10.2. The zero-order valence-corrected chi connectivity index (χ0v) is 27.1. The molecule has 0 aromatic heterocycles. The molecule has 1 N–H and O–H groups in total. The van der Waals surface area contributed by atoms with Crippen molar-refractivity contribution in [3.05, 3.63) is 55.6 Å². The molecule has 1 spiro atoms. The summed E-state index contributed by atoms with van der Waals surface area (Å²) in [5, 5.41) is 10.6. The fourth-order valence-corrected chi connectivity index (χ4v) is 8.22. The second-order valence-electron chi connectivity index (χ2n) is 13.2. The summed E-state index contributed by atoms with van der Waals surface area (Å²) in [5.41, 5.74) is -1.34. The van der Waals surface area contributed by atoms with E-state index in [4.69, 9.17) is 9.47 Å². The zero-order chi connectivity index (χ0) is 32.4. The van der Waals surface area contributed by atoms with Crippen molar-refractivity contribution in [1.82, 2.24) is 14.7 Å². The van der Waals surface area contributed by atoms with Crippen molar-refractivity contribution in [2.75, 3.05) is 64.0 Å². The van der Waals surface area contributed by atoms with Gasteiger partial charge in [0.25, 0.3) is 0 Å². The maximum atomic E-state index is 14.8. The molecule has 2 bridgehead atoms. The lowest BCUT2D eigenvalue weighted by Gasteiger charge is -2.41. The van der Waals surface area contributed by atoms with Crippen molar-refractivity contribution in [2.45, 2.75) is 63.3 Å². The van der Waals surface area contributed by atoms with E-state index in [1.165, 1.54) is 0 Å². The van der Waals surface area contributed by atoms with E-state index in [1.54, 1.807) is 26.9 Å². The van der Waals surface area contributed by atoms with Crippen LogP contribution in [0.1, 0.15) is 40.0 Å². The van der Waals surface area contributed by atoms with Gasteiger partial charge in [-0.2, -0.15) is 0 Å². The molecule has 10 nitrogen and oxygen atoms in total. The number of morpholine rings is 1. The number of nitrogens with zero attached hydrogens (tertiary/aromatic N) is 4. The van der Waals surface area contributed by atoms with E-state index >= 15 is 0 Å². The molecule has 0 aliphatic carbocycles. The number of ether oxygens (including phenoxy) is 2. The van der Waals surface area contributed by atoms with Gasteiger partial charge in [0.1, 0.15) is 11.6 Å². The lowest BCUT2D eigenvalue weighted by atomic mass is 9.64. The van der Waals surface area contributed by atoms with Gasteiger partial charge in [0, 0.05) is 45.0 Å². The predicted octanol–water partition coefficient (Wildman–Crippen LogP) is 2.72. The number of carbonyl (C=O) groups is 3. The van der Waals surface area contributed by atoms with Gasteiger partial charge in [-0.25, -0.2) is 0 Å². The smallest absolute Gasteiger partial charge is 0.248 e. The number of hydrogen-bond donors (Lipinski definition) is 1. The molecule has 4 fully saturated rings. The molecule has 0 saturated carbocycles. The molecule has 4 saturated heterocycles. The van der Waals surface area contributed by atoms with E-state index in [2.05, 4.69) is 18.1 Å². The van der Waals surface area contributed by atoms with Crippen molar-refractivity contribution in [1.29, 1.82) is 0 Å². The first kappa shape index (κ1) is 33.3. The Bertz CT molecular complexity index is 1250. The number of fused-ring (bicyclic) bond motifs is 1. The summed E-state index contributed by atoms with van der Waals surface area (Å²) in [6, 6.07) is 7.84. The van der Waals surface area contributed by atoms with E-state index < -0.39 is 35.1 Å². The Labute approximate surface area is 267 Å². The number of aliphatic hydroxyl groups is 1. The third-order valence-corrected chi connectivity index (χ3v) is 10.5. The van der Waals surface area contributed by atoms with Crippen LogP contribution in [-0.4, -0.2) is 120 Å². The quantitative estimate of drug-likeness (QED) is 0.319. The number of aliphatic hydroxyl groups excluding tert-OH is 1. The molecule has 4 aliphatic heterocycles. The van der Waals surface area contributed by atoms with Gasteiger partial charge in [-0.15, -0.1) is 13.2 Å². The Morgan fingerprint density at radius 1 is 1.09 bits per heavy atom. The van der Waals surface area contributed by atoms with Crippen molar-refractivity contribution in [3.8, 4) is 0 Å². The molecule has 6 atom stereocenters. The first-order chi connectivity index (χ1) is 21.7. The Balaban J connectivity index is 1.56. The first-order valence-electron chi connectivity index (χ1n) is 16.5. The number of carbonyl (C=O) groups excluding carboxylic acids is 3. The highest BCUT2D eigenvalue weighted by Gasteiger charge is 2.79. The Morgan fingerprint density at radius 2 is 1.78 bits per heavy atom. The molecule has 3 amide bonds. The molecule has 246 valence electrons. The van der Waals surface area contributed by atoms with Crippen LogP contribution < -0.4 is 4.90 Å². The topological polar surface area (TPSA) is 103 Å². The van der Waals surface area contributed by atoms with E-state index in [0.29, 0.717) is 52.1 Å². The van der Waals surface area contributed by atoms with E-state index in [0.717, 1.165) is 18.8 Å². The summed E-state index contributed by atoms with van der Waals surface area (Å²) in [6.07, 6.45) is 4.98. The highest BCUT2D eigenvalue weighted by Crippen LogP contribution is 2.65. The van der Waals surface area contributed by atoms with Gasteiger partial charge in [0.05, 0.1) is 43.3 Å². The summed E-state index contributed by atoms with van der Waals surface area (Å²) in [5.74, 6) is -2.45. The van der Waals surface area contributed by atoms with Gasteiger partial charge in [-0.3, -0.25) is 19.3 Å². The zero-order valence-electron chi connectivity index (χ0n) is 27.1. The van der Waals surface area contributed by atoms with Crippen LogP contribution in [0.25, 0.3) is 0 Å². The van der Waals surface area contributed by atoms with Gasteiger partial charge < -0.3 is 29.3 Å². The second kappa shape index (κ2) is 13.7. The van der Waals surface area contributed by atoms with Crippen LogP contribution in [-0.2, 0) is 23.9 Å². The molecule has 1 aromatic rings. The summed E-state index contributed by atoms with van der Waals surface area (Å²) < 4.78 is 12.5. The monoisotopic (exact) mass is 622 g/mol. The average molecular weight is 623 g/mol. The third kappa shape index (κ3) is 5.75. The second-order valence-corrected chi connectivity index (χ2v) is 13.2. The van der Waals surface area contributed by atoms with Crippen LogP contribution in [0.15, 0.2) is 55.6 Å². The van der Waals surface area contributed by atoms with Crippen LogP contribution in [0.4, 0.5) is 5.69 Å². The molecule has 2 unspecified atom stereocenters. The normalized spacial score (nSPS) is 29.9. The molecular formula is C35H50N4O6. The van der Waals surface area contributed by atoms with Crippen molar-refractivity contribution in [3.63, 3.8) is 0 Å². The summed E-state index contributed by atoms with van der Waals surface area (Å²) in [4.78, 5) is 51.6. The lowest BCUT2D eigenvalue weighted by molar-refractivity contribution is -0.157. The average Bonchev–Trinajstić information content (AvgIpc) is 3.66. The molecular weight excluding hydrogens is 572 g/mol. The summed E-state index contributed by atoms with van der Waals surface area (Å²) >= 11 is 0. The van der Waals surface area contributed by atoms with E-state index in [1.807, 2.05) is 51.1 Å². The van der Waals surface area contributed by atoms with Crippen molar-refractivity contribution in [2.24, 2.45) is 17.8 Å². The minimum atomic E-state index is -1.18. The largest absolute Gasteiger partial charge is 0.394 e. The first-order valence-corrected chi connectivity index (χ1v) is 16.5. The maximum Gasteiger partial charge on any atom is 0.248 e. The van der Waals surface area contributed by atoms with Gasteiger partial charge in [-0.1, -0.05) is 51.1 Å². The summed E-state index contributed by atoms with van der Waals surface area (Å²) in [6.45, 7) is 18.0. The number of benzene rings is 1. The fraction of sp³-hybridized carbons (Fsp3) is 0.629. The van der Waals surface area contributed by atoms with Crippen LogP contribution in [0.2, 0.25) is 0 Å². The number of likely N-dealkylation sites (tertiary alicyclic amines) is 1. The van der Waals surface area contributed by atoms with Gasteiger partial charge in [-0.05, 0) is 37.3 Å². The molecule has 4 aliphatic rings. The molecule has 1 aromatic carbocycles. The number of amides is 3. The standard InChI is InChI=1S/C35H50N4O6/c1-6-16-37(19-18-36-20-22-44-23-21-36)33(43)30-35-15-14-34(8-3,45-35)28(29(35)32(42)39(30)27(24-40)25(4)5)31(41)38(17-7-2)26-12-10-9-11-13-26/h6-7,9-13,25,27-30,40H,1-2,8,14-24H2,3-5H3/t27-,28+,29-,30?,34-,35?/m0/s1. The van der Waals surface area contributed by atoms with Gasteiger partial charge in [0.2, 0.25) is 17.7 Å². The van der Waals surface area contributed by atoms with Gasteiger partial charge >= 0.3 is 0 Å². The molecule has 4 heterocycles. The lowest BCUT2D eigenvalue weighted by Crippen LogP contribution is -2.60. The van der Waals surface area contributed by atoms with Crippen LogP contribution >= 0.6 is 0 Å². The van der Waals surface area contributed by atoms with Crippen LogP contribution in [0.5, 0.6) is 0 Å². The minimum absolute atomic E-state index is 0.126. The minimum Gasteiger partial charge on any atom is -0.394 e. The fourth-order valence-electron chi connectivity index (χ4n) is 8.22. The highest BCUT2D eigenvalue weighted by molar-refractivity contribution is 6.03. The van der Waals surface area contributed by atoms with E-state index in [9.17, 15) is 19.5 Å². The van der Waals surface area contributed by atoms with Crippen LogP contribution in [0.3, 0.4) is 0 Å². The maximum absolute atomic E-state index is 14.8. The van der Waals surface area contributed by atoms with Crippen molar-refractivity contribution >= 4 is 23.4 Å². The van der Waals surface area contributed by atoms with Gasteiger partial charge in [0.15, 0.2) is 0 Å². The third-order valence-electron chi connectivity index (χ3n) is 10.5. The molecule has 0 radical (unpaired) electrons. The molecule has 10 heteroatoms. The Morgan fingerprint density at radius 3 is 2.38 bits per heavy atom. The van der Waals surface area contributed by atoms with E-state index in [-0.39, 0.29) is 36.8 Å². The number of para-hydroxylation sites is 1. The van der Waals surface area contributed by atoms with Crippen LogP contribution in [0, 0.1) is 17.8 Å². The number of anilines is 1. The summed E-state index contributed by atoms with van der Waals surface area (Å²) in [7, 11) is 0. The number of hydrogen-bond acceptors (Lipinski definition) is 7. The predicted molar refractivity (Wildman–Crippen MR) is 172 cm³/mol. The molecule has 45 heavy (non-hydrogen) atoms. The molecule has 5 rings (SSSR count).